The molecule has 0 unspecified atom stereocenters. The molecule has 0 saturated heterocycles. The maximum atomic E-state index is 9.71. The van der Waals surface area contributed by atoms with Crippen LogP contribution in [0.25, 0.3) is 11.6 Å². The summed E-state index contributed by atoms with van der Waals surface area (Å²) in [5.74, 6) is 1.16. The molecule has 0 bridgehead atoms. The predicted octanol–water partition coefficient (Wildman–Crippen LogP) is 4.31. The number of hydrogen-bond donors (Lipinski definition) is 2. The minimum Gasteiger partial charge on any atom is -0.506 e. The molecule has 0 spiro atoms. The summed E-state index contributed by atoms with van der Waals surface area (Å²) in [6.07, 6.45) is 3.15. The van der Waals surface area contributed by atoms with Gasteiger partial charge in [-0.25, -0.2) is 5.10 Å². The van der Waals surface area contributed by atoms with Crippen molar-refractivity contribution in [2.75, 3.05) is 0 Å². The van der Waals surface area contributed by atoms with Crippen LogP contribution in [0, 0.1) is 4.77 Å². The van der Waals surface area contributed by atoms with Crippen LogP contribution in [0.3, 0.4) is 0 Å². The van der Waals surface area contributed by atoms with Crippen LogP contribution in [0.5, 0.6) is 5.75 Å². The maximum Gasteiger partial charge on any atom is 0.219 e. The van der Waals surface area contributed by atoms with Gasteiger partial charge in [-0.2, -0.15) is 9.78 Å². The molecule has 0 saturated carbocycles. The quantitative estimate of drug-likeness (QED) is 0.466. The van der Waals surface area contributed by atoms with Gasteiger partial charge >= 0.3 is 0 Å². The van der Waals surface area contributed by atoms with Crippen molar-refractivity contribution >= 4 is 50.3 Å². The molecule has 2 heterocycles. The lowest BCUT2D eigenvalue weighted by Gasteiger charge is -2.02. The predicted molar refractivity (Wildman–Crippen MR) is 91.6 cm³/mol. The van der Waals surface area contributed by atoms with Gasteiger partial charge in [-0.1, -0.05) is 0 Å². The number of phenolic OH excluding ortho intramolecular Hbond substituents is 1. The van der Waals surface area contributed by atoms with Gasteiger partial charge in [0.2, 0.25) is 10.6 Å². The zero-order chi connectivity index (χ0) is 15.7. The Hall–Kier alpha value is -1.71. The van der Waals surface area contributed by atoms with Crippen molar-refractivity contribution in [1.82, 2.24) is 14.9 Å². The van der Waals surface area contributed by atoms with E-state index in [0.717, 1.165) is 5.56 Å². The van der Waals surface area contributed by atoms with E-state index in [-0.39, 0.29) is 5.75 Å². The third-order valence-electron chi connectivity index (χ3n) is 2.75. The summed E-state index contributed by atoms with van der Waals surface area (Å²) in [4.78, 5) is 0. The van der Waals surface area contributed by atoms with E-state index in [0.29, 0.717) is 25.3 Å². The van der Waals surface area contributed by atoms with Crippen molar-refractivity contribution < 1.29 is 9.52 Å². The maximum absolute atomic E-state index is 9.71. The number of hydrogen-bond acceptors (Lipinski definition) is 5. The van der Waals surface area contributed by atoms with Crippen LogP contribution in [0.1, 0.15) is 5.56 Å². The molecule has 0 aliphatic carbocycles. The standard InChI is InChI=1S/C13H8Br2N4O2S/c14-8-4-7(5-9(15)11(8)20)6-16-19-12(17-18-13(19)22)10-2-1-3-21-10/h1-6,20H,(H,18,22)/b16-6-. The van der Waals surface area contributed by atoms with Crippen molar-refractivity contribution in [3.05, 3.63) is 49.8 Å². The highest BCUT2D eigenvalue weighted by Crippen LogP contribution is 2.32. The molecule has 112 valence electrons. The van der Waals surface area contributed by atoms with Crippen LogP contribution < -0.4 is 0 Å². The highest BCUT2D eigenvalue weighted by molar-refractivity contribution is 9.11. The number of nitrogens with zero attached hydrogens (tertiary/aromatic N) is 3. The van der Waals surface area contributed by atoms with E-state index in [4.69, 9.17) is 16.6 Å². The number of nitrogens with one attached hydrogen (secondary N) is 1. The molecule has 22 heavy (non-hydrogen) atoms. The first-order valence-electron chi connectivity index (χ1n) is 6.00. The Morgan fingerprint density at radius 2 is 2.09 bits per heavy atom. The van der Waals surface area contributed by atoms with E-state index in [2.05, 4.69) is 47.2 Å². The number of aromatic nitrogens is 3. The van der Waals surface area contributed by atoms with E-state index in [1.54, 1.807) is 36.7 Å². The molecule has 0 radical (unpaired) electrons. The third kappa shape index (κ3) is 2.92. The Kier molecular flexibility index (Phi) is 4.27. The Labute approximate surface area is 146 Å². The molecule has 9 heteroatoms. The van der Waals surface area contributed by atoms with Gasteiger partial charge in [-0.05, 0) is 73.9 Å². The summed E-state index contributed by atoms with van der Waals surface area (Å²) < 4.78 is 8.24. The zero-order valence-electron chi connectivity index (χ0n) is 10.8. The first-order chi connectivity index (χ1) is 10.6. The molecule has 0 fully saturated rings. The smallest absolute Gasteiger partial charge is 0.219 e. The lowest BCUT2D eigenvalue weighted by Crippen LogP contribution is -1.94. The molecule has 2 N–H and O–H groups in total. The second-order valence-electron chi connectivity index (χ2n) is 4.22. The van der Waals surface area contributed by atoms with Gasteiger partial charge in [0.05, 0.1) is 21.4 Å². The largest absolute Gasteiger partial charge is 0.506 e. The number of rotatable bonds is 3. The van der Waals surface area contributed by atoms with Crippen LogP contribution in [-0.2, 0) is 0 Å². The van der Waals surface area contributed by atoms with Crippen molar-refractivity contribution in [3.63, 3.8) is 0 Å². The fraction of sp³-hybridized carbons (Fsp3) is 0. The highest BCUT2D eigenvalue weighted by Gasteiger charge is 2.10. The molecule has 0 atom stereocenters. The molecular weight excluding hydrogens is 436 g/mol. The van der Waals surface area contributed by atoms with E-state index in [1.807, 2.05) is 0 Å². The van der Waals surface area contributed by atoms with Crippen LogP contribution >= 0.6 is 44.1 Å². The Morgan fingerprint density at radius 1 is 1.36 bits per heavy atom. The van der Waals surface area contributed by atoms with Crippen LogP contribution in [0.2, 0.25) is 0 Å². The molecule has 3 aromatic rings. The molecule has 0 aliphatic heterocycles. The first kappa shape index (κ1) is 15.2. The SMILES string of the molecule is Oc1c(Br)cc(/C=N\n2c(-c3ccco3)n[nH]c2=S)cc1Br. The highest BCUT2D eigenvalue weighted by atomic mass is 79.9. The Balaban J connectivity index is 2.00. The van der Waals surface area contributed by atoms with Crippen LogP contribution in [0.4, 0.5) is 0 Å². The van der Waals surface area contributed by atoms with Crippen molar-refractivity contribution in [3.8, 4) is 17.3 Å². The molecule has 3 rings (SSSR count). The topological polar surface area (TPSA) is 79.3 Å². The summed E-state index contributed by atoms with van der Waals surface area (Å²) in [7, 11) is 0. The number of benzene rings is 1. The van der Waals surface area contributed by atoms with Crippen LogP contribution in [-0.4, -0.2) is 26.2 Å². The van der Waals surface area contributed by atoms with Gasteiger partial charge < -0.3 is 9.52 Å². The lowest BCUT2D eigenvalue weighted by atomic mass is 10.2. The number of aromatic amines is 1. The van der Waals surface area contributed by atoms with Crippen molar-refractivity contribution in [2.24, 2.45) is 5.10 Å². The van der Waals surface area contributed by atoms with Gasteiger partial charge in [-0.15, -0.1) is 5.10 Å². The van der Waals surface area contributed by atoms with Gasteiger partial charge in [0.1, 0.15) is 5.75 Å². The molecule has 1 aromatic carbocycles. The number of aromatic hydroxyl groups is 1. The van der Waals surface area contributed by atoms with Crippen molar-refractivity contribution in [2.45, 2.75) is 0 Å². The number of halogens is 2. The van der Waals surface area contributed by atoms with Gasteiger partial charge in [0.25, 0.3) is 0 Å². The summed E-state index contributed by atoms with van der Waals surface area (Å²) in [5, 5.41) is 20.8. The molecule has 0 amide bonds. The lowest BCUT2D eigenvalue weighted by molar-refractivity contribution is 0.468. The number of phenols is 1. The summed E-state index contributed by atoms with van der Waals surface area (Å²) in [6.45, 7) is 0. The minimum atomic E-state index is 0.133. The Bertz CT molecular complexity index is 876. The third-order valence-corrected chi connectivity index (χ3v) is 4.23. The van der Waals surface area contributed by atoms with Gasteiger partial charge in [0.15, 0.2) is 5.76 Å². The summed E-state index contributed by atoms with van der Waals surface area (Å²) >= 11 is 11.7. The van der Waals surface area contributed by atoms with Crippen molar-refractivity contribution in [1.29, 1.82) is 0 Å². The summed E-state index contributed by atoms with van der Waals surface area (Å²) in [6, 6.07) is 7.00. The first-order valence-corrected chi connectivity index (χ1v) is 7.99. The summed E-state index contributed by atoms with van der Waals surface area (Å²) in [5.41, 5.74) is 0.769. The fourth-order valence-corrected chi connectivity index (χ4v) is 3.15. The number of furan rings is 1. The van der Waals surface area contributed by atoms with E-state index in [1.165, 1.54) is 4.68 Å². The average molecular weight is 444 g/mol. The second-order valence-corrected chi connectivity index (χ2v) is 6.31. The van der Waals surface area contributed by atoms with E-state index in [9.17, 15) is 5.11 Å². The number of H-pyrrole nitrogens is 1. The molecule has 6 nitrogen and oxygen atoms in total. The molecular formula is C13H8Br2N4O2S. The monoisotopic (exact) mass is 442 g/mol. The van der Waals surface area contributed by atoms with E-state index >= 15 is 0 Å². The average Bonchev–Trinajstić information content (AvgIpc) is 3.12. The fourth-order valence-electron chi connectivity index (χ4n) is 1.75. The van der Waals surface area contributed by atoms with Gasteiger partial charge in [0, 0.05) is 0 Å². The minimum absolute atomic E-state index is 0.133. The van der Waals surface area contributed by atoms with Crippen LogP contribution in [0.15, 0.2) is 49.0 Å². The Morgan fingerprint density at radius 3 is 2.73 bits per heavy atom. The van der Waals surface area contributed by atoms with Gasteiger partial charge in [-0.3, -0.25) is 0 Å². The molecule has 0 aliphatic rings. The zero-order valence-corrected chi connectivity index (χ0v) is 14.8. The van der Waals surface area contributed by atoms with E-state index < -0.39 is 0 Å². The second kappa shape index (κ2) is 6.19. The normalized spacial score (nSPS) is 11.4. The molecule has 2 aromatic heterocycles.